The predicted molar refractivity (Wildman–Crippen MR) is 74.3 cm³/mol. The summed E-state index contributed by atoms with van der Waals surface area (Å²) < 4.78 is 0. The number of Topliss-reactive ketones (excluding diaryl/α,β-unsaturated/α-hetero) is 1. The lowest BCUT2D eigenvalue weighted by Gasteiger charge is -2.44. The number of fused-ring (bicyclic) bond motifs is 1. The monoisotopic (exact) mass is 248 g/mol. The highest BCUT2D eigenvalue weighted by molar-refractivity contribution is 5.96. The minimum atomic E-state index is 0.352. The zero-order chi connectivity index (χ0) is 13.1. The summed E-state index contributed by atoms with van der Waals surface area (Å²) in [5, 5.41) is 0. The van der Waals surface area contributed by atoms with Crippen LogP contribution < -0.4 is 0 Å². The van der Waals surface area contributed by atoms with Crippen molar-refractivity contribution in [1.29, 1.82) is 0 Å². The van der Waals surface area contributed by atoms with Crippen LogP contribution in [0.15, 0.2) is 24.4 Å². The number of likely N-dealkylation sites (tertiary alicyclic amines) is 1. The van der Waals surface area contributed by atoms with Gasteiger partial charge in [-0.05, 0) is 31.7 Å². The normalized spacial score (nSPS) is 31.2. The molecule has 2 unspecified atom stereocenters. The third-order valence-corrected chi connectivity index (χ3v) is 4.05. The van der Waals surface area contributed by atoms with Crippen LogP contribution in [0.25, 0.3) is 0 Å². The van der Waals surface area contributed by atoms with Crippen molar-refractivity contribution >= 4 is 5.78 Å². The highest BCUT2D eigenvalue weighted by Crippen LogP contribution is 2.36. The van der Waals surface area contributed by atoms with Crippen LogP contribution in [0.2, 0.25) is 0 Å². The Morgan fingerprint density at radius 3 is 2.89 bits per heavy atom. The molecule has 1 aliphatic carbocycles. The first-order valence-electron chi connectivity index (χ1n) is 6.87. The molecule has 0 aromatic carbocycles. The van der Waals surface area contributed by atoms with Gasteiger partial charge in [0, 0.05) is 44.9 Å². The Morgan fingerprint density at radius 1 is 1.44 bits per heavy atom. The lowest BCUT2D eigenvalue weighted by Crippen LogP contribution is -2.48. The minimum absolute atomic E-state index is 0.352. The summed E-state index contributed by atoms with van der Waals surface area (Å²) in [4.78, 5) is 16.6. The molecule has 0 amide bonds. The molecule has 1 saturated carbocycles. The number of ketones is 1. The van der Waals surface area contributed by atoms with Gasteiger partial charge in [0.25, 0.3) is 0 Å². The molecule has 2 atom stereocenters. The van der Waals surface area contributed by atoms with Gasteiger partial charge in [0.2, 0.25) is 0 Å². The predicted octanol–water partition coefficient (Wildman–Crippen LogP) is 2.06. The number of hydrogen-bond acceptors (Lipinski definition) is 3. The summed E-state index contributed by atoms with van der Waals surface area (Å²) in [5.41, 5.74) is 0.997. The van der Waals surface area contributed by atoms with Gasteiger partial charge in [-0.2, -0.15) is 0 Å². The van der Waals surface area contributed by atoms with E-state index in [0.717, 1.165) is 31.5 Å². The second-order valence-corrected chi connectivity index (χ2v) is 5.70. The highest BCUT2D eigenvalue weighted by atomic mass is 16.1. The molecule has 0 aromatic rings. The lowest BCUT2D eigenvalue weighted by atomic mass is 9.75. The fraction of sp³-hybridized carbons (Fsp3) is 0.667. The Bertz CT molecular complexity index is 354. The van der Waals surface area contributed by atoms with Gasteiger partial charge in [-0.3, -0.25) is 9.69 Å². The van der Waals surface area contributed by atoms with Crippen molar-refractivity contribution in [2.24, 2.45) is 5.92 Å². The first kappa shape index (κ1) is 13.3. The van der Waals surface area contributed by atoms with Crippen LogP contribution in [0.5, 0.6) is 0 Å². The number of piperidine rings is 1. The van der Waals surface area contributed by atoms with Crippen molar-refractivity contribution in [3.05, 3.63) is 24.4 Å². The van der Waals surface area contributed by atoms with E-state index in [4.69, 9.17) is 0 Å². The SMILES string of the molecule is C=CCN1CCCC2CC(=O)/C(=C/N(C)C)CC21. The van der Waals surface area contributed by atoms with Crippen LogP contribution in [0.1, 0.15) is 25.7 Å². The first-order chi connectivity index (χ1) is 8.61. The number of rotatable bonds is 3. The smallest absolute Gasteiger partial charge is 0.160 e. The molecule has 2 rings (SSSR count). The molecule has 0 N–H and O–H groups in total. The molecule has 1 saturated heterocycles. The van der Waals surface area contributed by atoms with E-state index in [9.17, 15) is 4.79 Å². The number of carbonyl (C=O) groups excluding carboxylic acids is 1. The second kappa shape index (κ2) is 5.70. The molecule has 1 heterocycles. The highest BCUT2D eigenvalue weighted by Gasteiger charge is 2.37. The van der Waals surface area contributed by atoms with E-state index in [2.05, 4.69) is 11.5 Å². The zero-order valence-corrected chi connectivity index (χ0v) is 11.6. The Kier molecular flexibility index (Phi) is 4.23. The zero-order valence-electron chi connectivity index (χ0n) is 11.6. The molecule has 2 aliphatic rings. The summed E-state index contributed by atoms with van der Waals surface area (Å²) in [6.07, 6.45) is 8.05. The summed E-state index contributed by atoms with van der Waals surface area (Å²) >= 11 is 0. The van der Waals surface area contributed by atoms with Crippen molar-refractivity contribution < 1.29 is 4.79 Å². The van der Waals surface area contributed by atoms with Crippen LogP contribution in [0.4, 0.5) is 0 Å². The van der Waals surface area contributed by atoms with Gasteiger partial charge < -0.3 is 4.90 Å². The Labute approximate surface area is 110 Å². The molecule has 2 fully saturated rings. The molecule has 1 aliphatic heterocycles. The summed E-state index contributed by atoms with van der Waals surface area (Å²) in [5.74, 6) is 0.913. The largest absolute Gasteiger partial charge is 0.383 e. The van der Waals surface area contributed by atoms with Crippen molar-refractivity contribution in [1.82, 2.24) is 9.80 Å². The standard InChI is InChI=1S/C15H24N2O/c1-4-7-17-8-5-6-12-10-15(18)13(9-14(12)17)11-16(2)3/h4,11-12,14H,1,5-10H2,2-3H3/b13-11+. The van der Waals surface area contributed by atoms with Crippen molar-refractivity contribution in [3.8, 4) is 0 Å². The van der Waals surface area contributed by atoms with Crippen LogP contribution in [0, 0.1) is 5.92 Å². The fourth-order valence-corrected chi connectivity index (χ4v) is 3.28. The maximum Gasteiger partial charge on any atom is 0.160 e. The number of nitrogens with zero attached hydrogens (tertiary/aromatic N) is 2. The van der Waals surface area contributed by atoms with E-state index in [1.165, 1.54) is 12.8 Å². The van der Waals surface area contributed by atoms with E-state index in [0.29, 0.717) is 17.7 Å². The van der Waals surface area contributed by atoms with E-state index in [1.807, 2.05) is 31.3 Å². The van der Waals surface area contributed by atoms with Gasteiger partial charge in [-0.1, -0.05) is 6.08 Å². The molecule has 100 valence electrons. The fourth-order valence-electron chi connectivity index (χ4n) is 3.28. The maximum atomic E-state index is 12.1. The summed E-state index contributed by atoms with van der Waals surface area (Å²) in [6, 6.07) is 0.542. The molecule has 3 nitrogen and oxygen atoms in total. The Balaban J connectivity index is 2.14. The number of hydrogen-bond donors (Lipinski definition) is 0. The molecular formula is C15H24N2O. The molecule has 3 heteroatoms. The van der Waals surface area contributed by atoms with Crippen LogP contribution in [-0.2, 0) is 4.79 Å². The molecule has 0 spiro atoms. The average Bonchev–Trinajstić information content (AvgIpc) is 2.31. The third kappa shape index (κ3) is 2.83. The molecule has 0 aromatic heterocycles. The maximum absolute atomic E-state index is 12.1. The molecule has 0 bridgehead atoms. The third-order valence-electron chi connectivity index (χ3n) is 4.05. The topological polar surface area (TPSA) is 23.6 Å². The quantitative estimate of drug-likeness (QED) is 0.564. The summed E-state index contributed by atoms with van der Waals surface area (Å²) in [7, 11) is 3.96. The minimum Gasteiger partial charge on any atom is -0.383 e. The first-order valence-corrected chi connectivity index (χ1v) is 6.87. The van der Waals surface area contributed by atoms with Crippen molar-refractivity contribution in [3.63, 3.8) is 0 Å². The van der Waals surface area contributed by atoms with E-state index in [1.54, 1.807) is 0 Å². The lowest BCUT2D eigenvalue weighted by molar-refractivity contribution is -0.119. The average molecular weight is 248 g/mol. The van der Waals surface area contributed by atoms with Gasteiger partial charge in [0.15, 0.2) is 5.78 Å². The summed E-state index contributed by atoms with van der Waals surface area (Å²) in [6.45, 7) is 5.94. The van der Waals surface area contributed by atoms with Crippen LogP contribution in [0.3, 0.4) is 0 Å². The van der Waals surface area contributed by atoms with E-state index < -0.39 is 0 Å². The van der Waals surface area contributed by atoms with Gasteiger partial charge in [0.1, 0.15) is 0 Å². The second-order valence-electron chi connectivity index (χ2n) is 5.70. The van der Waals surface area contributed by atoms with E-state index >= 15 is 0 Å². The van der Waals surface area contributed by atoms with Crippen LogP contribution >= 0.6 is 0 Å². The van der Waals surface area contributed by atoms with Gasteiger partial charge in [-0.15, -0.1) is 6.58 Å². The van der Waals surface area contributed by atoms with Gasteiger partial charge in [0.05, 0.1) is 0 Å². The Hall–Kier alpha value is -1.09. The molecule has 18 heavy (non-hydrogen) atoms. The van der Waals surface area contributed by atoms with Crippen LogP contribution in [-0.4, -0.2) is 48.8 Å². The molecular weight excluding hydrogens is 224 g/mol. The van der Waals surface area contributed by atoms with Crippen molar-refractivity contribution in [2.75, 3.05) is 27.2 Å². The Morgan fingerprint density at radius 2 is 2.22 bits per heavy atom. The molecule has 0 radical (unpaired) electrons. The van der Waals surface area contributed by atoms with Gasteiger partial charge in [-0.25, -0.2) is 0 Å². The van der Waals surface area contributed by atoms with Crippen molar-refractivity contribution in [2.45, 2.75) is 31.7 Å². The van der Waals surface area contributed by atoms with E-state index in [-0.39, 0.29) is 0 Å². The number of carbonyl (C=O) groups is 1. The van der Waals surface area contributed by atoms with Gasteiger partial charge >= 0.3 is 0 Å².